The Bertz CT molecular complexity index is 1070. The first kappa shape index (κ1) is 21.8. The van der Waals surface area contributed by atoms with Crippen molar-refractivity contribution >= 4 is 29.5 Å². The van der Waals surface area contributed by atoms with Crippen molar-refractivity contribution in [1.82, 2.24) is 15.2 Å². The summed E-state index contributed by atoms with van der Waals surface area (Å²) in [5, 5.41) is 1.11. The lowest BCUT2D eigenvalue weighted by Gasteiger charge is -2.38. The van der Waals surface area contributed by atoms with Gasteiger partial charge in [0.2, 0.25) is 0 Å². The van der Waals surface area contributed by atoms with E-state index in [0.717, 1.165) is 41.3 Å². The van der Waals surface area contributed by atoms with Crippen molar-refractivity contribution in [2.75, 3.05) is 13.1 Å². The molecule has 0 atom stereocenters. The summed E-state index contributed by atoms with van der Waals surface area (Å²) >= 11 is 7.65. The Balaban J connectivity index is 1.29. The highest BCUT2D eigenvalue weighted by Crippen LogP contribution is 2.26. The zero-order chi connectivity index (χ0) is 21.8. The van der Waals surface area contributed by atoms with Crippen molar-refractivity contribution in [3.05, 3.63) is 94.3 Å². The quantitative estimate of drug-likeness (QED) is 0.378. The van der Waals surface area contributed by atoms with Crippen molar-refractivity contribution in [2.24, 2.45) is 0 Å². The summed E-state index contributed by atoms with van der Waals surface area (Å²) in [7, 11) is 0. The van der Waals surface area contributed by atoms with E-state index >= 15 is 0 Å². The Kier molecular flexibility index (Phi) is 6.92. The van der Waals surface area contributed by atoms with E-state index in [0.29, 0.717) is 10.8 Å². The second-order valence-corrected chi connectivity index (χ2v) is 9.12. The van der Waals surface area contributed by atoms with Gasteiger partial charge in [-0.2, -0.15) is 4.83 Å². The number of nitrogens with one attached hydrogen (secondary N) is 2. The molecule has 1 aliphatic rings. The van der Waals surface area contributed by atoms with E-state index in [1.165, 1.54) is 11.9 Å². The third-order valence-corrected chi connectivity index (χ3v) is 6.49. The molecule has 0 spiro atoms. The second kappa shape index (κ2) is 9.83. The van der Waals surface area contributed by atoms with Gasteiger partial charge in [0.05, 0.1) is 5.56 Å². The predicted molar refractivity (Wildman–Crippen MR) is 125 cm³/mol. The molecule has 2 N–H and O–H groups in total. The van der Waals surface area contributed by atoms with E-state index in [1.807, 2.05) is 54.6 Å². The smallest absolute Gasteiger partial charge is 0.269 e. The van der Waals surface area contributed by atoms with Crippen LogP contribution in [0.1, 0.15) is 21.5 Å². The van der Waals surface area contributed by atoms with Gasteiger partial charge in [-0.15, -0.1) is 0 Å². The Hall–Kier alpha value is -2.38. The molecule has 0 unspecified atom stereocenters. The van der Waals surface area contributed by atoms with Crippen LogP contribution < -0.4 is 10.3 Å². The van der Waals surface area contributed by atoms with Gasteiger partial charge in [-0.05, 0) is 47.4 Å². The second-order valence-electron chi connectivity index (χ2n) is 7.60. The van der Waals surface area contributed by atoms with Gasteiger partial charge >= 0.3 is 0 Å². The Morgan fingerprint density at radius 2 is 1.81 bits per heavy atom. The molecular weight excluding hydrogens is 433 g/mol. The Labute approximate surface area is 190 Å². The first-order valence-corrected chi connectivity index (χ1v) is 11.3. The molecule has 1 amide bonds. The van der Waals surface area contributed by atoms with Crippen LogP contribution >= 0.6 is 23.5 Å². The number of likely N-dealkylation sites (tertiary alicyclic amines) is 1. The fourth-order valence-electron chi connectivity index (χ4n) is 3.55. The zero-order valence-electron chi connectivity index (χ0n) is 17.1. The molecule has 4 rings (SSSR count). The topological polar surface area (TPSA) is 44.4 Å². The third-order valence-electron chi connectivity index (χ3n) is 5.27. The lowest BCUT2D eigenvalue weighted by atomic mass is 9.99. The summed E-state index contributed by atoms with van der Waals surface area (Å²) in [6.07, 6.45) is 0. The molecule has 1 heterocycles. The summed E-state index contributed by atoms with van der Waals surface area (Å²) in [6.45, 7) is 4.24. The lowest BCUT2D eigenvalue weighted by Crippen LogP contribution is -2.50. The molecular formula is C24H23ClFN3OS. The first-order chi connectivity index (χ1) is 15.0. The van der Waals surface area contributed by atoms with Crippen molar-refractivity contribution in [3.63, 3.8) is 0 Å². The zero-order valence-corrected chi connectivity index (χ0v) is 18.6. The number of hydrazine groups is 1. The summed E-state index contributed by atoms with van der Waals surface area (Å²) in [5.41, 5.74) is 5.94. The van der Waals surface area contributed by atoms with Gasteiger partial charge in [-0.3, -0.25) is 15.1 Å². The first-order valence-electron chi connectivity index (χ1n) is 10.0. The van der Waals surface area contributed by atoms with E-state index in [2.05, 4.69) is 15.2 Å². The maximum atomic E-state index is 14.6. The third kappa shape index (κ3) is 5.28. The molecule has 3 aromatic carbocycles. The van der Waals surface area contributed by atoms with Gasteiger partial charge in [-0.1, -0.05) is 72.1 Å². The minimum Gasteiger partial charge on any atom is -0.297 e. The highest BCUT2D eigenvalue weighted by molar-refractivity contribution is 7.98. The molecule has 4 nitrogen and oxygen atoms in total. The molecule has 0 bridgehead atoms. The molecule has 0 radical (unpaired) electrons. The standard InChI is InChI=1S/C24H23ClFN3OS/c1-16-11-19(17-7-3-2-4-8-17)12-21(23(16)26)24(30)27-28-31-20-14-29(15-20)13-18-9-5-6-10-22(18)25/h2-12,20,28H,13-15H2,1H3,(H,27,30). The molecule has 31 heavy (non-hydrogen) atoms. The van der Waals surface area contributed by atoms with Crippen LogP contribution in [-0.2, 0) is 6.54 Å². The fraction of sp³-hybridized carbons (Fsp3) is 0.208. The summed E-state index contributed by atoms with van der Waals surface area (Å²) in [5.74, 6) is -0.989. The van der Waals surface area contributed by atoms with E-state index in [9.17, 15) is 9.18 Å². The molecule has 0 saturated carbocycles. The average Bonchev–Trinajstić information content (AvgIpc) is 2.75. The number of hydrogen-bond acceptors (Lipinski definition) is 4. The van der Waals surface area contributed by atoms with Crippen LogP contribution in [0.5, 0.6) is 0 Å². The highest BCUT2D eigenvalue weighted by atomic mass is 35.5. The van der Waals surface area contributed by atoms with Gasteiger partial charge in [0.1, 0.15) is 5.82 Å². The highest BCUT2D eigenvalue weighted by Gasteiger charge is 2.28. The lowest BCUT2D eigenvalue weighted by molar-refractivity contribution is 0.0942. The summed E-state index contributed by atoms with van der Waals surface area (Å²) < 4.78 is 14.6. The van der Waals surface area contributed by atoms with Gasteiger partial charge in [0.15, 0.2) is 0 Å². The molecule has 1 aliphatic heterocycles. The number of amides is 1. The van der Waals surface area contributed by atoms with Crippen LogP contribution in [0.15, 0.2) is 66.7 Å². The van der Waals surface area contributed by atoms with Crippen LogP contribution in [-0.4, -0.2) is 29.1 Å². The van der Waals surface area contributed by atoms with E-state index < -0.39 is 11.7 Å². The molecule has 3 aromatic rings. The minimum absolute atomic E-state index is 0.0286. The van der Waals surface area contributed by atoms with E-state index in [-0.39, 0.29) is 5.56 Å². The van der Waals surface area contributed by atoms with Crippen LogP contribution in [0.25, 0.3) is 11.1 Å². The summed E-state index contributed by atoms with van der Waals surface area (Å²) in [4.78, 5) is 17.8. The van der Waals surface area contributed by atoms with Gasteiger partial charge in [0.25, 0.3) is 5.91 Å². The monoisotopic (exact) mass is 455 g/mol. The molecule has 160 valence electrons. The number of nitrogens with zero attached hydrogens (tertiary/aromatic N) is 1. The number of carbonyl (C=O) groups excluding carboxylic acids is 1. The van der Waals surface area contributed by atoms with Gasteiger partial charge in [-0.25, -0.2) is 4.39 Å². The molecule has 1 saturated heterocycles. The molecule has 0 aliphatic carbocycles. The summed E-state index contributed by atoms with van der Waals surface area (Å²) in [6, 6.07) is 20.8. The van der Waals surface area contributed by atoms with E-state index in [1.54, 1.807) is 19.1 Å². The largest absolute Gasteiger partial charge is 0.297 e. The van der Waals surface area contributed by atoms with E-state index in [4.69, 9.17) is 11.6 Å². The number of benzene rings is 3. The van der Waals surface area contributed by atoms with Crippen molar-refractivity contribution < 1.29 is 9.18 Å². The number of aryl methyl sites for hydroxylation is 1. The normalized spacial score (nSPS) is 14.3. The van der Waals surface area contributed by atoms with Crippen LogP contribution in [0, 0.1) is 12.7 Å². The van der Waals surface area contributed by atoms with Crippen LogP contribution in [0.4, 0.5) is 4.39 Å². The predicted octanol–water partition coefficient (Wildman–Crippen LogP) is 5.22. The maximum absolute atomic E-state index is 14.6. The number of hydrogen-bond donors (Lipinski definition) is 2. The Morgan fingerprint density at radius 1 is 1.10 bits per heavy atom. The van der Waals surface area contributed by atoms with Crippen molar-refractivity contribution in [3.8, 4) is 11.1 Å². The average molecular weight is 456 g/mol. The van der Waals surface area contributed by atoms with Gasteiger partial charge in [0, 0.05) is 29.9 Å². The van der Waals surface area contributed by atoms with Crippen LogP contribution in [0.2, 0.25) is 5.02 Å². The van der Waals surface area contributed by atoms with Crippen LogP contribution in [0.3, 0.4) is 0 Å². The Morgan fingerprint density at radius 3 is 2.55 bits per heavy atom. The molecule has 7 heteroatoms. The maximum Gasteiger partial charge on any atom is 0.269 e. The number of carbonyl (C=O) groups is 1. The number of halogens is 2. The SMILES string of the molecule is Cc1cc(-c2ccccc2)cc(C(=O)NNSC2CN(Cc3ccccc3Cl)C2)c1F. The van der Waals surface area contributed by atoms with Crippen molar-refractivity contribution in [2.45, 2.75) is 18.7 Å². The van der Waals surface area contributed by atoms with Gasteiger partial charge < -0.3 is 0 Å². The van der Waals surface area contributed by atoms with Crippen molar-refractivity contribution in [1.29, 1.82) is 0 Å². The molecule has 1 fully saturated rings. The molecule has 0 aromatic heterocycles. The fourth-order valence-corrected chi connectivity index (χ4v) is 4.64. The minimum atomic E-state index is -0.501. The number of rotatable bonds is 7.